The van der Waals surface area contributed by atoms with Crippen molar-refractivity contribution in [3.8, 4) is 11.4 Å². The number of thioether (sulfide) groups is 1. The molecule has 7 nitrogen and oxygen atoms in total. The second-order valence-electron chi connectivity index (χ2n) is 7.46. The fourth-order valence-electron chi connectivity index (χ4n) is 3.35. The Bertz CT molecular complexity index is 1310. The summed E-state index contributed by atoms with van der Waals surface area (Å²) in [5, 5.41) is 14.5. The number of carbonyl (C=O) groups is 2. The molecule has 34 heavy (non-hydrogen) atoms. The van der Waals surface area contributed by atoms with E-state index in [0.29, 0.717) is 34.5 Å². The Kier molecular flexibility index (Phi) is 7.34. The summed E-state index contributed by atoms with van der Waals surface area (Å²) in [6.07, 6.45) is 0. The number of halogens is 1. The summed E-state index contributed by atoms with van der Waals surface area (Å²) in [6, 6.07) is 23.0. The lowest BCUT2D eigenvalue weighted by Gasteiger charge is -2.11. The van der Waals surface area contributed by atoms with Crippen molar-refractivity contribution in [2.45, 2.75) is 18.6 Å². The van der Waals surface area contributed by atoms with Gasteiger partial charge in [-0.3, -0.25) is 14.2 Å². The molecule has 0 atom stereocenters. The average Bonchev–Trinajstić information content (AvgIpc) is 3.20. The Morgan fingerprint density at radius 2 is 1.62 bits per heavy atom. The number of anilines is 2. The summed E-state index contributed by atoms with van der Waals surface area (Å²) >= 11 is 1.21. The topological polar surface area (TPSA) is 88.9 Å². The van der Waals surface area contributed by atoms with Gasteiger partial charge in [-0.1, -0.05) is 60.3 Å². The summed E-state index contributed by atoms with van der Waals surface area (Å²) < 4.78 is 16.3. The molecule has 0 aliphatic heterocycles. The number of benzene rings is 3. The number of rotatable bonds is 8. The Morgan fingerprint density at radius 3 is 2.35 bits per heavy atom. The zero-order chi connectivity index (χ0) is 23.9. The van der Waals surface area contributed by atoms with Crippen LogP contribution in [-0.4, -0.2) is 32.3 Å². The molecule has 0 radical (unpaired) electrons. The quantitative estimate of drug-likeness (QED) is 0.357. The van der Waals surface area contributed by atoms with Gasteiger partial charge in [0.1, 0.15) is 5.82 Å². The first kappa shape index (κ1) is 23.2. The van der Waals surface area contributed by atoms with Crippen LogP contribution in [0.2, 0.25) is 0 Å². The fourth-order valence-corrected chi connectivity index (χ4v) is 4.09. The van der Waals surface area contributed by atoms with Gasteiger partial charge in [-0.05, 0) is 35.9 Å². The van der Waals surface area contributed by atoms with Gasteiger partial charge in [-0.15, -0.1) is 10.2 Å². The molecule has 0 spiro atoms. The molecule has 1 aromatic heterocycles. The molecule has 0 aliphatic carbocycles. The van der Waals surface area contributed by atoms with Gasteiger partial charge in [-0.2, -0.15) is 0 Å². The van der Waals surface area contributed by atoms with Crippen molar-refractivity contribution >= 4 is 35.0 Å². The SMILES string of the molecule is CC(=O)Nc1cccc(NC(=O)CSc2nnc(-c3ccccc3F)n2Cc2ccccc2)c1. The van der Waals surface area contributed by atoms with E-state index in [0.717, 1.165) is 5.56 Å². The van der Waals surface area contributed by atoms with Crippen molar-refractivity contribution < 1.29 is 14.0 Å². The van der Waals surface area contributed by atoms with E-state index in [2.05, 4.69) is 20.8 Å². The number of nitrogens with zero attached hydrogens (tertiary/aromatic N) is 3. The molecule has 1 heterocycles. The van der Waals surface area contributed by atoms with Crippen molar-refractivity contribution in [2.24, 2.45) is 0 Å². The number of hydrogen-bond donors (Lipinski definition) is 2. The normalized spacial score (nSPS) is 10.6. The number of aromatic nitrogens is 3. The van der Waals surface area contributed by atoms with Crippen LogP contribution in [0.1, 0.15) is 12.5 Å². The van der Waals surface area contributed by atoms with Crippen LogP contribution in [0.4, 0.5) is 15.8 Å². The van der Waals surface area contributed by atoms with E-state index < -0.39 is 5.82 Å². The van der Waals surface area contributed by atoms with Crippen molar-refractivity contribution in [2.75, 3.05) is 16.4 Å². The monoisotopic (exact) mass is 475 g/mol. The Morgan fingerprint density at radius 1 is 0.912 bits per heavy atom. The second-order valence-corrected chi connectivity index (χ2v) is 8.40. The predicted octanol–water partition coefficient (Wildman–Crippen LogP) is 4.82. The summed E-state index contributed by atoms with van der Waals surface area (Å²) in [6.45, 7) is 1.85. The van der Waals surface area contributed by atoms with Gasteiger partial charge in [0, 0.05) is 18.3 Å². The van der Waals surface area contributed by atoms with Gasteiger partial charge >= 0.3 is 0 Å². The zero-order valence-electron chi connectivity index (χ0n) is 18.4. The molecule has 172 valence electrons. The van der Waals surface area contributed by atoms with Gasteiger partial charge < -0.3 is 10.6 Å². The van der Waals surface area contributed by atoms with Crippen molar-refractivity contribution in [1.82, 2.24) is 14.8 Å². The zero-order valence-corrected chi connectivity index (χ0v) is 19.2. The van der Waals surface area contributed by atoms with Crippen LogP contribution in [0.15, 0.2) is 84.0 Å². The van der Waals surface area contributed by atoms with E-state index in [1.54, 1.807) is 42.5 Å². The van der Waals surface area contributed by atoms with Gasteiger partial charge in [0.2, 0.25) is 11.8 Å². The first-order valence-corrected chi connectivity index (χ1v) is 11.5. The second kappa shape index (κ2) is 10.8. The van der Waals surface area contributed by atoms with Crippen LogP contribution in [-0.2, 0) is 16.1 Å². The maximum absolute atomic E-state index is 14.5. The third-order valence-electron chi connectivity index (χ3n) is 4.81. The summed E-state index contributed by atoms with van der Waals surface area (Å²) in [5.41, 5.74) is 2.50. The summed E-state index contributed by atoms with van der Waals surface area (Å²) in [7, 11) is 0. The molecule has 0 fully saturated rings. The van der Waals surface area contributed by atoms with Gasteiger partial charge in [-0.25, -0.2) is 4.39 Å². The van der Waals surface area contributed by atoms with E-state index in [9.17, 15) is 14.0 Å². The highest BCUT2D eigenvalue weighted by Crippen LogP contribution is 2.27. The number of amides is 2. The molecule has 3 aromatic carbocycles. The molecular formula is C25H22FN5O2S. The first-order valence-electron chi connectivity index (χ1n) is 10.5. The lowest BCUT2D eigenvalue weighted by Crippen LogP contribution is -2.15. The van der Waals surface area contributed by atoms with E-state index in [-0.39, 0.29) is 17.6 Å². The standard InChI is InChI=1S/C25H22FN5O2S/c1-17(32)27-19-10-7-11-20(14-19)28-23(33)16-34-25-30-29-24(21-12-5-6-13-22(21)26)31(25)15-18-8-3-2-4-9-18/h2-14H,15-16H2,1H3,(H,27,32)(H,28,33). The molecule has 2 N–H and O–H groups in total. The Hall–Kier alpha value is -3.98. The molecule has 0 bridgehead atoms. The van der Waals surface area contributed by atoms with E-state index in [1.165, 1.54) is 24.8 Å². The Labute approximate surface area is 200 Å². The van der Waals surface area contributed by atoms with E-state index >= 15 is 0 Å². The first-order chi connectivity index (χ1) is 16.5. The third kappa shape index (κ3) is 5.87. The summed E-state index contributed by atoms with van der Waals surface area (Å²) in [5.74, 6) is -0.353. The lowest BCUT2D eigenvalue weighted by atomic mass is 10.2. The van der Waals surface area contributed by atoms with Crippen LogP contribution in [0.25, 0.3) is 11.4 Å². The van der Waals surface area contributed by atoms with Crippen LogP contribution < -0.4 is 10.6 Å². The fraction of sp³-hybridized carbons (Fsp3) is 0.120. The molecular weight excluding hydrogens is 453 g/mol. The van der Waals surface area contributed by atoms with Gasteiger partial charge in [0.05, 0.1) is 17.9 Å². The maximum atomic E-state index is 14.5. The molecule has 0 aliphatic rings. The molecule has 9 heteroatoms. The van der Waals surface area contributed by atoms with Crippen LogP contribution in [0.3, 0.4) is 0 Å². The molecule has 4 aromatic rings. The summed E-state index contributed by atoms with van der Waals surface area (Å²) in [4.78, 5) is 23.8. The maximum Gasteiger partial charge on any atom is 0.234 e. The van der Waals surface area contributed by atoms with E-state index in [1.807, 2.05) is 34.9 Å². The van der Waals surface area contributed by atoms with Crippen molar-refractivity contribution in [3.63, 3.8) is 0 Å². The minimum absolute atomic E-state index is 0.0779. The lowest BCUT2D eigenvalue weighted by molar-refractivity contribution is -0.114. The van der Waals surface area contributed by atoms with Gasteiger partial charge in [0.15, 0.2) is 11.0 Å². The largest absolute Gasteiger partial charge is 0.326 e. The number of carbonyl (C=O) groups excluding carboxylic acids is 2. The molecule has 2 amide bonds. The van der Waals surface area contributed by atoms with E-state index in [4.69, 9.17) is 0 Å². The minimum Gasteiger partial charge on any atom is -0.326 e. The highest BCUT2D eigenvalue weighted by molar-refractivity contribution is 7.99. The Balaban J connectivity index is 1.52. The number of nitrogens with one attached hydrogen (secondary N) is 2. The average molecular weight is 476 g/mol. The van der Waals surface area contributed by atoms with Crippen LogP contribution in [0, 0.1) is 5.82 Å². The predicted molar refractivity (Wildman–Crippen MR) is 131 cm³/mol. The highest BCUT2D eigenvalue weighted by atomic mass is 32.2. The molecule has 0 unspecified atom stereocenters. The molecule has 4 rings (SSSR count). The third-order valence-corrected chi connectivity index (χ3v) is 5.78. The van der Waals surface area contributed by atoms with Crippen LogP contribution >= 0.6 is 11.8 Å². The number of hydrogen-bond acceptors (Lipinski definition) is 5. The highest BCUT2D eigenvalue weighted by Gasteiger charge is 2.18. The van der Waals surface area contributed by atoms with Crippen LogP contribution in [0.5, 0.6) is 0 Å². The van der Waals surface area contributed by atoms with Gasteiger partial charge in [0.25, 0.3) is 0 Å². The van der Waals surface area contributed by atoms with Crippen molar-refractivity contribution in [3.05, 3.63) is 90.2 Å². The molecule has 0 saturated carbocycles. The van der Waals surface area contributed by atoms with Crippen molar-refractivity contribution in [1.29, 1.82) is 0 Å². The smallest absolute Gasteiger partial charge is 0.234 e. The minimum atomic E-state index is -0.391. The molecule has 0 saturated heterocycles.